The van der Waals surface area contributed by atoms with Crippen molar-refractivity contribution in [2.45, 2.75) is 0 Å². The number of hydrogen-bond acceptors (Lipinski definition) is 4. The SMILES string of the molecule is N#Cc1ccc(N=C(N)N)c([N+](=O)[O-])c1. The zero-order valence-electron chi connectivity index (χ0n) is 7.54. The second kappa shape index (κ2) is 4.06. The third-order valence-electron chi connectivity index (χ3n) is 1.55. The van der Waals surface area contributed by atoms with Crippen molar-refractivity contribution in [3.05, 3.63) is 33.9 Å². The molecule has 4 N–H and O–H groups in total. The van der Waals surface area contributed by atoms with Crippen LogP contribution in [0, 0.1) is 21.4 Å². The van der Waals surface area contributed by atoms with E-state index in [-0.39, 0.29) is 22.9 Å². The van der Waals surface area contributed by atoms with Crippen molar-refractivity contribution in [3.8, 4) is 6.07 Å². The average molecular weight is 205 g/mol. The number of nitrogens with two attached hydrogens (primary N) is 2. The fourth-order valence-corrected chi connectivity index (χ4v) is 0.973. The molecular weight excluding hydrogens is 198 g/mol. The molecule has 0 atom stereocenters. The molecule has 76 valence electrons. The molecule has 7 heteroatoms. The van der Waals surface area contributed by atoms with Gasteiger partial charge in [0.2, 0.25) is 0 Å². The summed E-state index contributed by atoms with van der Waals surface area (Å²) in [5.41, 5.74) is 10.1. The van der Waals surface area contributed by atoms with Crippen LogP contribution in [0.25, 0.3) is 0 Å². The molecule has 0 amide bonds. The number of nitrogens with zero attached hydrogens (tertiary/aromatic N) is 3. The predicted molar refractivity (Wildman–Crippen MR) is 53.3 cm³/mol. The van der Waals surface area contributed by atoms with E-state index in [0.29, 0.717) is 0 Å². The highest BCUT2D eigenvalue weighted by molar-refractivity contribution is 5.81. The van der Waals surface area contributed by atoms with Crippen LogP contribution in [0.3, 0.4) is 0 Å². The summed E-state index contributed by atoms with van der Waals surface area (Å²) in [6.07, 6.45) is 0. The molecule has 0 saturated heterocycles. The van der Waals surface area contributed by atoms with Gasteiger partial charge in [0.1, 0.15) is 5.69 Å². The number of nitro benzene ring substituents is 1. The molecule has 0 heterocycles. The van der Waals surface area contributed by atoms with E-state index in [1.807, 2.05) is 0 Å². The van der Waals surface area contributed by atoms with Crippen LogP contribution in [0.15, 0.2) is 23.2 Å². The smallest absolute Gasteiger partial charge is 0.296 e. The summed E-state index contributed by atoms with van der Waals surface area (Å²) in [4.78, 5) is 13.5. The predicted octanol–water partition coefficient (Wildman–Crippen LogP) is 0.371. The Balaban J connectivity index is 3.35. The maximum Gasteiger partial charge on any atom is 0.296 e. The molecule has 1 rings (SSSR count). The average Bonchev–Trinajstić information content (AvgIpc) is 2.17. The molecular formula is C8H7N5O2. The van der Waals surface area contributed by atoms with E-state index in [1.165, 1.54) is 12.1 Å². The first-order valence-electron chi connectivity index (χ1n) is 3.82. The lowest BCUT2D eigenvalue weighted by Gasteiger charge is -1.98. The van der Waals surface area contributed by atoms with Crippen molar-refractivity contribution in [2.75, 3.05) is 0 Å². The van der Waals surface area contributed by atoms with Gasteiger partial charge in [0.05, 0.1) is 16.6 Å². The van der Waals surface area contributed by atoms with Crippen LogP contribution >= 0.6 is 0 Å². The Labute approximate surface area is 84.8 Å². The van der Waals surface area contributed by atoms with Gasteiger partial charge >= 0.3 is 0 Å². The van der Waals surface area contributed by atoms with Crippen molar-refractivity contribution in [3.63, 3.8) is 0 Å². The Hall–Kier alpha value is -2.62. The summed E-state index contributed by atoms with van der Waals surface area (Å²) in [6.45, 7) is 0. The molecule has 1 aromatic rings. The zero-order chi connectivity index (χ0) is 11.4. The summed E-state index contributed by atoms with van der Waals surface area (Å²) >= 11 is 0. The molecule has 0 bridgehead atoms. The van der Waals surface area contributed by atoms with Gasteiger partial charge in [-0.1, -0.05) is 0 Å². The van der Waals surface area contributed by atoms with Gasteiger partial charge in [-0.15, -0.1) is 0 Å². The van der Waals surface area contributed by atoms with Crippen LogP contribution < -0.4 is 11.5 Å². The Kier molecular flexibility index (Phi) is 2.83. The van der Waals surface area contributed by atoms with E-state index in [1.54, 1.807) is 6.07 Å². The summed E-state index contributed by atoms with van der Waals surface area (Å²) in [6, 6.07) is 5.61. The molecule has 7 nitrogen and oxygen atoms in total. The highest BCUT2D eigenvalue weighted by Crippen LogP contribution is 2.27. The Morgan fingerprint density at radius 3 is 2.67 bits per heavy atom. The van der Waals surface area contributed by atoms with E-state index < -0.39 is 4.92 Å². The number of nitriles is 1. The highest BCUT2D eigenvalue weighted by atomic mass is 16.6. The fraction of sp³-hybridized carbons (Fsp3) is 0. The number of hydrogen-bond donors (Lipinski definition) is 2. The minimum Gasteiger partial charge on any atom is -0.370 e. The fourth-order valence-electron chi connectivity index (χ4n) is 0.973. The molecule has 0 radical (unpaired) electrons. The minimum absolute atomic E-state index is 0.0269. The van der Waals surface area contributed by atoms with Crippen LogP contribution in [-0.2, 0) is 0 Å². The minimum atomic E-state index is -0.650. The normalized spacial score (nSPS) is 9.00. The van der Waals surface area contributed by atoms with Crippen molar-refractivity contribution < 1.29 is 4.92 Å². The van der Waals surface area contributed by atoms with Crippen molar-refractivity contribution in [1.82, 2.24) is 0 Å². The zero-order valence-corrected chi connectivity index (χ0v) is 7.54. The third kappa shape index (κ3) is 2.41. The van der Waals surface area contributed by atoms with Crippen LogP contribution in [0.2, 0.25) is 0 Å². The second-order valence-corrected chi connectivity index (χ2v) is 2.61. The van der Waals surface area contributed by atoms with Gasteiger partial charge in [0.15, 0.2) is 5.96 Å². The number of nitro groups is 1. The maximum absolute atomic E-state index is 10.6. The van der Waals surface area contributed by atoms with Crippen molar-refractivity contribution in [1.29, 1.82) is 5.26 Å². The van der Waals surface area contributed by atoms with Gasteiger partial charge in [-0.3, -0.25) is 10.1 Å². The van der Waals surface area contributed by atoms with E-state index in [9.17, 15) is 10.1 Å². The molecule has 0 aliphatic rings. The number of guanidine groups is 1. The summed E-state index contributed by atoms with van der Waals surface area (Å²) < 4.78 is 0. The summed E-state index contributed by atoms with van der Waals surface area (Å²) in [7, 11) is 0. The van der Waals surface area contributed by atoms with E-state index in [2.05, 4.69) is 4.99 Å². The first-order chi connectivity index (χ1) is 7.04. The Morgan fingerprint density at radius 2 is 2.20 bits per heavy atom. The maximum atomic E-state index is 10.6. The lowest BCUT2D eigenvalue weighted by Crippen LogP contribution is -2.22. The molecule has 0 saturated carbocycles. The molecule has 0 aromatic heterocycles. The Bertz CT molecular complexity index is 470. The van der Waals surface area contributed by atoms with E-state index >= 15 is 0 Å². The van der Waals surface area contributed by atoms with Crippen LogP contribution in [0.5, 0.6) is 0 Å². The van der Waals surface area contributed by atoms with Crippen LogP contribution in [0.4, 0.5) is 11.4 Å². The van der Waals surface area contributed by atoms with Gasteiger partial charge in [-0.05, 0) is 12.1 Å². The Morgan fingerprint density at radius 1 is 1.53 bits per heavy atom. The molecule has 0 aliphatic carbocycles. The third-order valence-corrected chi connectivity index (χ3v) is 1.55. The van der Waals surface area contributed by atoms with Gasteiger partial charge in [-0.2, -0.15) is 5.26 Å². The molecule has 0 spiro atoms. The number of aliphatic imine (C=N–C) groups is 1. The van der Waals surface area contributed by atoms with Crippen molar-refractivity contribution in [2.24, 2.45) is 16.5 Å². The van der Waals surface area contributed by atoms with Crippen LogP contribution in [0.1, 0.15) is 5.56 Å². The monoisotopic (exact) mass is 205 g/mol. The first kappa shape index (κ1) is 10.5. The topological polar surface area (TPSA) is 131 Å². The molecule has 0 unspecified atom stereocenters. The standard InChI is InChI=1S/C8H7N5O2/c9-4-5-1-2-6(12-8(10)11)7(3-5)13(14)15/h1-3H,(H4,10,11,12). The highest BCUT2D eigenvalue weighted by Gasteiger charge is 2.14. The largest absolute Gasteiger partial charge is 0.370 e. The van der Waals surface area contributed by atoms with Gasteiger partial charge in [-0.25, -0.2) is 4.99 Å². The van der Waals surface area contributed by atoms with Gasteiger partial charge in [0.25, 0.3) is 5.69 Å². The number of rotatable bonds is 2. The summed E-state index contributed by atoms with van der Waals surface area (Å²) in [5, 5.41) is 19.2. The molecule has 0 aliphatic heterocycles. The molecule has 0 fully saturated rings. The lowest BCUT2D eigenvalue weighted by atomic mass is 10.2. The first-order valence-corrected chi connectivity index (χ1v) is 3.82. The quantitative estimate of drug-likeness (QED) is 0.311. The van der Waals surface area contributed by atoms with Gasteiger partial charge < -0.3 is 11.5 Å². The second-order valence-electron chi connectivity index (χ2n) is 2.61. The van der Waals surface area contributed by atoms with E-state index in [0.717, 1.165) is 6.07 Å². The summed E-state index contributed by atoms with van der Waals surface area (Å²) in [5.74, 6) is -0.275. The van der Waals surface area contributed by atoms with Crippen LogP contribution in [-0.4, -0.2) is 10.9 Å². The van der Waals surface area contributed by atoms with E-state index in [4.69, 9.17) is 16.7 Å². The lowest BCUT2D eigenvalue weighted by molar-refractivity contribution is -0.384. The van der Waals surface area contributed by atoms with Crippen molar-refractivity contribution >= 4 is 17.3 Å². The molecule has 15 heavy (non-hydrogen) atoms. The van der Waals surface area contributed by atoms with Gasteiger partial charge in [0, 0.05) is 6.07 Å². The molecule has 1 aromatic carbocycles. The number of benzene rings is 1.